The molecule has 3 aromatic rings. The number of aryl methyl sites for hydroxylation is 1. The highest BCUT2D eigenvalue weighted by molar-refractivity contribution is 5.81. The van der Waals surface area contributed by atoms with Crippen LogP contribution in [0.3, 0.4) is 0 Å². The van der Waals surface area contributed by atoms with Crippen molar-refractivity contribution in [2.24, 2.45) is 0 Å². The summed E-state index contributed by atoms with van der Waals surface area (Å²) in [5.41, 5.74) is 5.81. The molecular weight excluding hydrogens is 292 g/mol. The molecule has 0 saturated carbocycles. The molecule has 0 aliphatic rings. The van der Waals surface area contributed by atoms with Crippen molar-refractivity contribution in [2.75, 3.05) is 0 Å². The fourth-order valence-corrected chi connectivity index (χ4v) is 2.98. The molecule has 0 amide bonds. The molecule has 24 heavy (non-hydrogen) atoms. The summed E-state index contributed by atoms with van der Waals surface area (Å²) in [6.07, 6.45) is 0. The van der Waals surface area contributed by atoms with Crippen LogP contribution in [0.25, 0.3) is 22.3 Å². The number of hydrogen-bond acceptors (Lipinski definition) is 2. The lowest BCUT2D eigenvalue weighted by molar-refractivity contribution is 1.10. The van der Waals surface area contributed by atoms with Gasteiger partial charge in [0.25, 0.3) is 0 Å². The monoisotopic (exact) mass is 308 g/mol. The maximum atomic E-state index is 9.52. The Kier molecular flexibility index (Phi) is 4.41. The largest absolute Gasteiger partial charge is 0.196 e. The van der Waals surface area contributed by atoms with E-state index in [2.05, 4.69) is 24.3 Å². The predicted octanol–water partition coefficient (Wildman–Crippen LogP) is 5.46. The Morgan fingerprint density at radius 2 is 1.12 bits per heavy atom. The van der Waals surface area contributed by atoms with Crippen LogP contribution in [0, 0.1) is 29.6 Å². The summed E-state index contributed by atoms with van der Waals surface area (Å²) in [6, 6.07) is 28.3. The molecular formula is C22H16N2. The summed E-state index contributed by atoms with van der Waals surface area (Å²) in [5, 5.41) is 19.0. The smallest absolute Gasteiger partial charge is 0.159 e. The zero-order chi connectivity index (χ0) is 16.9. The van der Waals surface area contributed by atoms with Gasteiger partial charge >= 0.3 is 0 Å². The topological polar surface area (TPSA) is 47.6 Å². The molecule has 2 heteroatoms. The highest BCUT2D eigenvalue weighted by Gasteiger charge is 2.21. The molecule has 0 aliphatic heterocycles. The number of nitrogens with zero attached hydrogens (tertiary/aromatic N) is 2. The first kappa shape index (κ1) is 15.5. The first-order valence-corrected chi connectivity index (χ1v) is 7.79. The van der Waals surface area contributed by atoms with E-state index in [4.69, 9.17) is 0 Å². The van der Waals surface area contributed by atoms with Crippen LogP contribution < -0.4 is 0 Å². The molecule has 0 fully saturated rings. The number of rotatable bonds is 3. The van der Waals surface area contributed by atoms with Crippen LogP contribution in [0.4, 0.5) is 0 Å². The third-order valence-corrected chi connectivity index (χ3v) is 4.04. The second kappa shape index (κ2) is 6.82. The van der Waals surface area contributed by atoms with E-state index in [1.165, 1.54) is 0 Å². The van der Waals surface area contributed by atoms with Crippen molar-refractivity contribution in [1.29, 1.82) is 10.5 Å². The van der Waals surface area contributed by atoms with Crippen LogP contribution in [0.2, 0.25) is 0 Å². The molecule has 0 heterocycles. The first-order chi connectivity index (χ1) is 11.7. The van der Waals surface area contributed by atoms with E-state index in [-0.39, 0.29) is 0 Å². The summed E-state index contributed by atoms with van der Waals surface area (Å²) in [6.45, 7) is 2.04. The van der Waals surface area contributed by atoms with E-state index in [1.54, 1.807) is 0 Å². The molecule has 0 N–H and O–H groups in total. The third-order valence-electron chi connectivity index (χ3n) is 4.04. The highest BCUT2D eigenvalue weighted by Crippen LogP contribution is 2.38. The van der Waals surface area contributed by atoms with Crippen LogP contribution in [0.1, 0.15) is 17.0 Å². The maximum absolute atomic E-state index is 9.52. The zero-order valence-electron chi connectivity index (χ0n) is 13.4. The van der Waals surface area contributed by atoms with Crippen LogP contribution in [-0.2, 0) is 0 Å². The Morgan fingerprint density at radius 3 is 1.50 bits per heavy atom. The lowest BCUT2D eigenvalue weighted by atomic mass is 9.84. The molecule has 2 nitrogen and oxygen atoms in total. The molecule has 0 aliphatic carbocycles. The molecule has 0 radical (unpaired) electrons. The van der Waals surface area contributed by atoms with Gasteiger partial charge in [0.2, 0.25) is 0 Å². The molecule has 3 aromatic carbocycles. The Morgan fingerprint density at radius 1 is 0.708 bits per heavy atom. The van der Waals surface area contributed by atoms with Gasteiger partial charge in [0.1, 0.15) is 0 Å². The molecule has 0 bridgehead atoms. The van der Waals surface area contributed by atoms with E-state index in [0.29, 0.717) is 0 Å². The third kappa shape index (κ3) is 2.91. The molecule has 0 atom stereocenters. The molecule has 3 rings (SSSR count). The summed E-state index contributed by atoms with van der Waals surface area (Å²) in [7, 11) is 0. The van der Waals surface area contributed by atoms with Gasteiger partial charge in [-0.25, -0.2) is 0 Å². The minimum Gasteiger partial charge on any atom is -0.196 e. The standard InChI is InChI=1S/C22H16N2/c1-16-12-20(17-8-4-2-5-9-17)22(19(14-23)15-24)21(13-16)18-10-6-3-7-11-18/h2-13,19H,1H3. The van der Waals surface area contributed by atoms with Crippen molar-refractivity contribution >= 4 is 0 Å². The van der Waals surface area contributed by atoms with Crippen molar-refractivity contribution in [1.82, 2.24) is 0 Å². The van der Waals surface area contributed by atoms with Gasteiger partial charge < -0.3 is 0 Å². The molecule has 0 unspecified atom stereocenters. The lowest BCUT2D eigenvalue weighted by Gasteiger charge is -2.17. The average molecular weight is 308 g/mol. The van der Waals surface area contributed by atoms with Gasteiger partial charge in [-0.05, 0) is 40.3 Å². The van der Waals surface area contributed by atoms with Crippen LogP contribution in [0.15, 0.2) is 72.8 Å². The quantitative estimate of drug-likeness (QED) is 0.645. The van der Waals surface area contributed by atoms with Crippen molar-refractivity contribution in [2.45, 2.75) is 12.8 Å². The van der Waals surface area contributed by atoms with Gasteiger partial charge in [-0.1, -0.05) is 72.8 Å². The second-order valence-electron chi connectivity index (χ2n) is 5.70. The molecule has 0 spiro atoms. The molecule has 0 saturated heterocycles. The Balaban J connectivity index is 2.36. The fourth-order valence-electron chi connectivity index (χ4n) is 2.98. The first-order valence-electron chi connectivity index (χ1n) is 7.79. The Bertz CT molecular complexity index is 855. The van der Waals surface area contributed by atoms with Gasteiger partial charge in [-0.15, -0.1) is 0 Å². The Hall–Kier alpha value is -3.36. The fraction of sp³-hybridized carbons (Fsp3) is 0.0909. The van der Waals surface area contributed by atoms with Crippen molar-refractivity contribution in [3.05, 3.63) is 83.9 Å². The lowest BCUT2D eigenvalue weighted by Crippen LogP contribution is -2.01. The highest BCUT2D eigenvalue weighted by atomic mass is 14.3. The minimum atomic E-state index is -0.809. The van der Waals surface area contributed by atoms with Crippen LogP contribution in [-0.4, -0.2) is 0 Å². The number of nitriles is 2. The minimum absolute atomic E-state index is 0.781. The summed E-state index contributed by atoms with van der Waals surface area (Å²) < 4.78 is 0. The van der Waals surface area contributed by atoms with Gasteiger partial charge in [0.05, 0.1) is 12.1 Å². The maximum Gasteiger partial charge on any atom is 0.159 e. The van der Waals surface area contributed by atoms with Crippen molar-refractivity contribution in [3.8, 4) is 34.4 Å². The van der Waals surface area contributed by atoms with Gasteiger partial charge in [-0.2, -0.15) is 10.5 Å². The van der Waals surface area contributed by atoms with Gasteiger partial charge in [0, 0.05) is 0 Å². The van der Waals surface area contributed by atoms with Gasteiger partial charge in [0.15, 0.2) is 5.92 Å². The van der Waals surface area contributed by atoms with Gasteiger partial charge in [-0.3, -0.25) is 0 Å². The average Bonchev–Trinajstić information content (AvgIpc) is 2.64. The normalized spacial score (nSPS) is 10.2. The zero-order valence-corrected chi connectivity index (χ0v) is 13.4. The van der Waals surface area contributed by atoms with E-state index in [1.807, 2.05) is 67.6 Å². The van der Waals surface area contributed by atoms with E-state index in [9.17, 15) is 10.5 Å². The summed E-state index contributed by atoms with van der Waals surface area (Å²) in [5.74, 6) is -0.809. The van der Waals surface area contributed by atoms with E-state index in [0.717, 1.165) is 33.4 Å². The van der Waals surface area contributed by atoms with Crippen molar-refractivity contribution in [3.63, 3.8) is 0 Å². The Labute approximate surface area is 142 Å². The van der Waals surface area contributed by atoms with Crippen LogP contribution >= 0.6 is 0 Å². The van der Waals surface area contributed by atoms with Crippen molar-refractivity contribution < 1.29 is 0 Å². The summed E-state index contributed by atoms with van der Waals surface area (Å²) in [4.78, 5) is 0. The van der Waals surface area contributed by atoms with Crippen LogP contribution in [0.5, 0.6) is 0 Å². The number of benzene rings is 3. The molecule has 0 aromatic heterocycles. The number of hydrogen-bond donors (Lipinski definition) is 0. The SMILES string of the molecule is Cc1cc(-c2ccccc2)c(C(C#N)C#N)c(-c2ccccc2)c1. The predicted molar refractivity (Wildman–Crippen MR) is 96.0 cm³/mol. The second-order valence-corrected chi connectivity index (χ2v) is 5.70. The molecule has 114 valence electrons. The summed E-state index contributed by atoms with van der Waals surface area (Å²) >= 11 is 0. The van der Waals surface area contributed by atoms with E-state index >= 15 is 0 Å². The van der Waals surface area contributed by atoms with E-state index < -0.39 is 5.92 Å².